The van der Waals surface area contributed by atoms with E-state index in [0.29, 0.717) is 18.8 Å². The molecule has 0 amide bonds. The van der Waals surface area contributed by atoms with Crippen LogP contribution in [0.5, 0.6) is 0 Å². The van der Waals surface area contributed by atoms with E-state index in [0.717, 1.165) is 39.5 Å². The van der Waals surface area contributed by atoms with Crippen LogP contribution < -0.4 is 0 Å². The maximum Gasteiger partial charge on any atom is 0.173 e. The number of rotatable bonds is 20. The molecule has 0 saturated carbocycles. The van der Waals surface area contributed by atoms with Crippen LogP contribution in [-0.2, 0) is 27.2 Å². The smallest absolute Gasteiger partial charge is 0.173 e. The third-order valence-electron chi connectivity index (χ3n) is 6.80. The van der Waals surface area contributed by atoms with E-state index in [2.05, 4.69) is 105 Å². The topological polar surface area (TPSA) is 62.0 Å². The molecule has 2 heterocycles. The number of hydrogen-bond donors (Lipinski definition) is 0. The highest BCUT2D eigenvalue weighted by Crippen LogP contribution is 2.27. The Labute approximate surface area is 274 Å². The normalized spacial score (nSPS) is 19.1. The lowest BCUT2D eigenvalue weighted by Crippen LogP contribution is -2.45. The Kier molecular flexibility index (Phi) is 19.9. The minimum Gasteiger partial charge on any atom is -0.456 e. The number of epoxide rings is 2. The molecule has 2 rings (SSSR count). The van der Waals surface area contributed by atoms with Gasteiger partial charge in [-0.25, -0.2) is 0 Å². The highest BCUT2D eigenvalue weighted by Gasteiger charge is 2.34. The minimum atomic E-state index is -1.53. The molecule has 2 unspecified atom stereocenters. The molecule has 0 radical (unpaired) electrons. The van der Waals surface area contributed by atoms with Crippen LogP contribution in [0.3, 0.4) is 0 Å². The summed E-state index contributed by atoms with van der Waals surface area (Å²) in [6.07, 6.45) is 3.64. The zero-order chi connectivity index (χ0) is 33.6. The Bertz CT molecular complexity index is 751. The predicted octanol–water partition coefficient (Wildman–Crippen LogP) is 9.53. The first-order valence-corrected chi connectivity index (χ1v) is 36.9. The van der Waals surface area contributed by atoms with E-state index in [-0.39, 0.29) is 0 Å². The van der Waals surface area contributed by atoms with E-state index in [4.69, 9.17) is 27.2 Å². The fourth-order valence-corrected chi connectivity index (χ4v) is 30.2. The summed E-state index contributed by atoms with van der Waals surface area (Å²) >= 11 is 0. The quantitative estimate of drug-likeness (QED) is 0.0543. The SMILES string of the molecule is C=CCOCC1CO1.C[Si](C)(C)CC[Si](C)(C)O[Si](C)(C)C.C[Si](C)(C)CC[Si](C)(C)O[Si](C)(C)CCCOCC1CO1. The molecule has 43 heavy (non-hydrogen) atoms. The standard InChI is InChI=1S/C15H36O3Si3.C10H28OSi3.C6H10O2/c1-19(2,3)11-12-21(6,7)18-20(4,5)10-8-9-16-13-15-14-17-15;1-12(2,3)9-10-14(7,8)11-13(4,5)6;1-2-3-7-4-6-5-8-6/h15H,8-14H2,1-7H3;9-10H2,1-8H3;2,6H,1,3-5H2. The second kappa shape index (κ2) is 19.6. The van der Waals surface area contributed by atoms with Gasteiger partial charge in [0.25, 0.3) is 0 Å². The largest absolute Gasteiger partial charge is 0.456 e. The third kappa shape index (κ3) is 32.5. The average molecular weight is 711 g/mol. The molecule has 0 N–H and O–H groups in total. The van der Waals surface area contributed by atoms with Gasteiger partial charge in [-0.15, -0.1) is 6.58 Å². The molecule has 12 heteroatoms. The van der Waals surface area contributed by atoms with Gasteiger partial charge < -0.3 is 27.2 Å². The molecule has 0 aromatic heterocycles. The van der Waals surface area contributed by atoms with Gasteiger partial charge in [-0.05, 0) is 83.5 Å². The molecule has 0 spiro atoms. The van der Waals surface area contributed by atoms with E-state index in [1.807, 2.05) is 0 Å². The maximum absolute atomic E-state index is 6.68. The van der Waals surface area contributed by atoms with Crippen LogP contribution in [0.15, 0.2) is 12.7 Å². The summed E-state index contributed by atoms with van der Waals surface area (Å²) in [6, 6.07) is 6.72. The Balaban J connectivity index is 0.000000685. The van der Waals surface area contributed by atoms with Gasteiger partial charge in [-0.3, -0.25) is 0 Å². The Hall–Kier alpha value is 0.801. The van der Waals surface area contributed by atoms with Gasteiger partial charge in [0.2, 0.25) is 0 Å². The van der Waals surface area contributed by atoms with Crippen molar-refractivity contribution in [3.05, 3.63) is 12.7 Å². The van der Waals surface area contributed by atoms with Crippen molar-refractivity contribution in [3.63, 3.8) is 0 Å². The van der Waals surface area contributed by atoms with Crippen molar-refractivity contribution in [2.75, 3.05) is 39.6 Å². The molecule has 0 aromatic rings. The summed E-state index contributed by atoms with van der Waals surface area (Å²) in [5, 5.41) is 0. The van der Waals surface area contributed by atoms with E-state index in [9.17, 15) is 0 Å². The summed E-state index contributed by atoms with van der Waals surface area (Å²) < 4.78 is 33.7. The molecule has 2 fully saturated rings. The van der Waals surface area contributed by atoms with Crippen LogP contribution in [0, 0.1) is 0 Å². The molecule has 2 aliphatic rings. The average Bonchev–Trinajstić information content (AvgIpc) is 3.70. The molecular formula is C31H74O6Si6. The molecular weight excluding hydrogens is 637 g/mol. The highest BCUT2D eigenvalue weighted by molar-refractivity contribution is 6.87. The van der Waals surface area contributed by atoms with Crippen molar-refractivity contribution < 1.29 is 27.2 Å². The van der Waals surface area contributed by atoms with Crippen LogP contribution in [-0.4, -0.2) is 101 Å². The second-order valence-corrected chi connectivity index (χ2v) is 46.8. The number of ether oxygens (including phenoxy) is 4. The second-order valence-electron chi connectivity index (χ2n) is 17.6. The van der Waals surface area contributed by atoms with Crippen molar-refractivity contribution in [3.8, 4) is 0 Å². The van der Waals surface area contributed by atoms with Gasteiger partial charge >= 0.3 is 0 Å². The lowest BCUT2D eigenvalue weighted by Gasteiger charge is -2.35. The Morgan fingerprint density at radius 1 is 0.581 bits per heavy atom. The number of hydrogen-bond acceptors (Lipinski definition) is 6. The summed E-state index contributed by atoms with van der Waals surface area (Å²) in [5.74, 6) is 0. The van der Waals surface area contributed by atoms with Gasteiger partial charge in [0.15, 0.2) is 33.3 Å². The summed E-state index contributed by atoms with van der Waals surface area (Å²) in [4.78, 5) is 0. The van der Waals surface area contributed by atoms with Gasteiger partial charge in [0, 0.05) is 22.8 Å². The minimum absolute atomic E-state index is 0.384. The van der Waals surface area contributed by atoms with Crippen LogP contribution in [0.1, 0.15) is 6.42 Å². The molecule has 2 saturated heterocycles. The molecule has 258 valence electrons. The zero-order valence-corrected chi connectivity index (χ0v) is 37.4. The molecule has 6 nitrogen and oxygen atoms in total. The first-order valence-electron chi connectivity index (χ1n) is 16.7. The van der Waals surface area contributed by atoms with Gasteiger partial charge in [-0.2, -0.15) is 0 Å². The molecule has 2 aliphatic heterocycles. The van der Waals surface area contributed by atoms with Gasteiger partial charge in [0.1, 0.15) is 12.2 Å². The van der Waals surface area contributed by atoms with E-state index < -0.39 is 49.4 Å². The molecule has 0 aromatic carbocycles. The van der Waals surface area contributed by atoms with E-state index in [1.165, 1.54) is 30.2 Å². The summed E-state index contributed by atoms with van der Waals surface area (Å²) in [7, 11) is -7.50. The van der Waals surface area contributed by atoms with Crippen LogP contribution in [0.4, 0.5) is 0 Å². The van der Waals surface area contributed by atoms with E-state index >= 15 is 0 Å². The Morgan fingerprint density at radius 2 is 0.977 bits per heavy atom. The lowest BCUT2D eigenvalue weighted by atomic mass is 10.5. The fourth-order valence-electron chi connectivity index (χ4n) is 4.51. The van der Waals surface area contributed by atoms with Crippen molar-refractivity contribution >= 4 is 49.4 Å². The van der Waals surface area contributed by atoms with Crippen LogP contribution in [0.2, 0.25) is 128 Å². The lowest BCUT2D eigenvalue weighted by molar-refractivity contribution is 0.116. The first-order chi connectivity index (χ1) is 19.3. The van der Waals surface area contributed by atoms with Crippen molar-refractivity contribution in [2.24, 2.45) is 0 Å². The van der Waals surface area contributed by atoms with Gasteiger partial charge in [-0.1, -0.05) is 57.4 Å². The Morgan fingerprint density at radius 3 is 1.35 bits per heavy atom. The van der Waals surface area contributed by atoms with Gasteiger partial charge in [0.05, 0.1) is 33.0 Å². The van der Waals surface area contributed by atoms with Crippen LogP contribution >= 0.6 is 0 Å². The highest BCUT2D eigenvalue weighted by atomic mass is 28.4. The molecule has 0 bridgehead atoms. The van der Waals surface area contributed by atoms with Crippen LogP contribution in [0.25, 0.3) is 0 Å². The monoisotopic (exact) mass is 710 g/mol. The fraction of sp³-hybridized carbons (Fsp3) is 0.935. The van der Waals surface area contributed by atoms with E-state index in [1.54, 1.807) is 6.08 Å². The van der Waals surface area contributed by atoms with Crippen molar-refractivity contribution in [1.29, 1.82) is 0 Å². The predicted molar refractivity (Wildman–Crippen MR) is 205 cm³/mol. The molecule has 0 aliphatic carbocycles. The maximum atomic E-state index is 6.68. The van der Waals surface area contributed by atoms with Crippen molar-refractivity contribution in [2.45, 2.75) is 147 Å². The molecule has 2 atom stereocenters. The summed E-state index contributed by atoms with van der Waals surface area (Å²) in [6.45, 7) is 44.2. The third-order valence-corrected chi connectivity index (χ3v) is 24.9. The zero-order valence-electron chi connectivity index (χ0n) is 31.4. The first kappa shape index (κ1) is 43.8. The van der Waals surface area contributed by atoms with Crippen molar-refractivity contribution in [1.82, 2.24) is 0 Å². The summed E-state index contributed by atoms with van der Waals surface area (Å²) in [5.41, 5.74) is 0.